The van der Waals surface area contributed by atoms with Gasteiger partial charge < -0.3 is 9.47 Å². The van der Waals surface area contributed by atoms with Gasteiger partial charge in [-0.2, -0.15) is 0 Å². The number of hydrogen-bond acceptors (Lipinski definition) is 4. The van der Waals surface area contributed by atoms with Gasteiger partial charge in [0.25, 0.3) is 0 Å². The highest BCUT2D eigenvalue weighted by atomic mass is 35.5. The molecule has 0 bridgehead atoms. The van der Waals surface area contributed by atoms with E-state index in [0.29, 0.717) is 17.3 Å². The standard InChI is InChI=1S/C25H25Cl2NO3/c1-16(2)23(17(3)13-22(26)27)25(29)30-15-19-14-18-9-7-8-12-21(18)24(28-19)31-20-10-5-4-6-11-20/h4-14,16-17,23H,15H2,1-3H3. The van der Waals surface area contributed by atoms with Gasteiger partial charge in [-0.3, -0.25) is 4.79 Å². The zero-order valence-electron chi connectivity index (χ0n) is 17.7. The molecule has 0 saturated heterocycles. The van der Waals surface area contributed by atoms with Crippen LogP contribution in [-0.4, -0.2) is 11.0 Å². The Kier molecular flexibility index (Phi) is 7.94. The van der Waals surface area contributed by atoms with Crippen molar-refractivity contribution in [3.05, 3.63) is 76.9 Å². The quantitative estimate of drug-likeness (QED) is 0.333. The number of fused-ring (bicyclic) bond motifs is 1. The van der Waals surface area contributed by atoms with Crippen LogP contribution in [0.2, 0.25) is 0 Å². The third kappa shape index (κ3) is 6.22. The molecule has 162 valence electrons. The summed E-state index contributed by atoms with van der Waals surface area (Å²) in [4.78, 5) is 17.4. The molecular weight excluding hydrogens is 433 g/mol. The fourth-order valence-electron chi connectivity index (χ4n) is 3.61. The molecule has 0 fully saturated rings. The first-order valence-corrected chi connectivity index (χ1v) is 10.9. The lowest BCUT2D eigenvalue weighted by Gasteiger charge is -2.23. The number of halogens is 2. The van der Waals surface area contributed by atoms with Crippen LogP contribution >= 0.6 is 23.2 Å². The van der Waals surface area contributed by atoms with E-state index in [1.54, 1.807) is 6.08 Å². The summed E-state index contributed by atoms with van der Waals surface area (Å²) in [7, 11) is 0. The highest BCUT2D eigenvalue weighted by Gasteiger charge is 2.29. The third-order valence-corrected chi connectivity index (χ3v) is 5.28. The highest BCUT2D eigenvalue weighted by Crippen LogP contribution is 2.30. The maximum Gasteiger partial charge on any atom is 0.310 e. The molecule has 0 saturated carbocycles. The van der Waals surface area contributed by atoms with Crippen LogP contribution in [0.5, 0.6) is 11.6 Å². The fraction of sp³-hybridized carbons (Fsp3) is 0.280. The van der Waals surface area contributed by atoms with Crippen LogP contribution in [0.4, 0.5) is 0 Å². The van der Waals surface area contributed by atoms with E-state index in [-0.39, 0.29) is 34.8 Å². The molecule has 0 radical (unpaired) electrons. The van der Waals surface area contributed by atoms with Gasteiger partial charge in [-0.25, -0.2) is 4.98 Å². The van der Waals surface area contributed by atoms with Gasteiger partial charge in [0.15, 0.2) is 0 Å². The van der Waals surface area contributed by atoms with Crippen molar-refractivity contribution in [1.29, 1.82) is 0 Å². The van der Waals surface area contributed by atoms with E-state index in [1.165, 1.54) is 0 Å². The molecule has 0 spiro atoms. The molecule has 6 heteroatoms. The van der Waals surface area contributed by atoms with Crippen molar-refractivity contribution in [3.8, 4) is 11.6 Å². The molecule has 0 aliphatic carbocycles. The number of pyridine rings is 1. The van der Waals surface area contributed by atoms with Crippen LogP contribution in [0.1, 0.15) is 26.5 Å². The van der Waals surface area contributed by atoms with Crippen LogP contribution in [0.15, 0.2) is 71.2 Å². The molecule has 3 rings (SSSR count). The third-order valence-electron chi connectivity index (χ3n) is 5.02. The summed E-state index contributed by atoms with van der Waals surface area (Å²) >= 11 is 11.6. The first-order valence-electron chi connectivity index (χ1n) is 10.2. The zero-order valence-corrected chi connectivity index (χ0v) is 19.2. The summed E-state index contributed by atoms with van der Waals surface area (Å²) in [5.74, 6) is 0.391. The van der Waals surface area contributed by atoms with Crippen LogP contribution in [0.25, 0.3) is 10.8 Å². The summed E-state index contributed by atoms with van der Waals surface area (Å²) in [5.41, 5.74) is 0.610. The molecule has 0 N–H and O–H groups in total. The van der Waals surface area contributed by atoms with Gasteiger partial charge in [-0.1, -0.05) is 86.4 Å². The average Bonchev–Trinajstić information content (AvgIpc) is 2.72. The Balaban J connectivity index is 1.82. The predicted molar refractivity (Wildman–Crippen MR) is 125 cm³/mol. The number of benzene rings is 2. The van der Waals surface area contributed by atoms with Gasteiger partial charge in [0, 0.05) is 5.39 Å². The molecule has 1 aromatic heterocycles. The molecule has 1 heterocycles. The normalized spacial score (nSPS) is 13.0. The number of carbonyl (C=O) groups excluding carboxylic acids is 1. The number of nitrogens with zero attached hydrogens (tertiary/aromatic N) is 1. The topological polar surface area (TPSA) is 48.4 Å². The molecule has 0 aliphatic heterocycles. The predicted octanol–water partition coefficient (Wildman–Crippen LogP) is 7.30. The number of ether oxygens (including phenoxy) is 2. The van der Waals surface area contributed by atoms with Crippen molar-refractivity contribution in [1.82, 2.24) is 4.98 Å². The minimum absolute atomic E-state index is 0.0447. The summed E-state index contributed by atoms with van der Waals surface area (Å²) in [6.07, 6.45) is 1.66. The summed E-state index contributed by atoms with van der Waals surface area (Å²) in [6.45, 7) is 5.89. The summed E-state index contributed by atoms with van der Waals surface area (Å²) in [6, 6.07) is 19.2. The van der Waals surface area contributed by atoms with E-state index in [9.17, 15) is 4.79 Å². The zero-order chi connectivity index (χ0) is 22.4. The lowest BCUT2D eigenvalue weighted by Crippen LogP contribution is -2.28. The molecule has 2 unspecified atom stereocenters. The first kappa shape index (κ1) is 23.1. The van der Waals surface area contributed by atoms with Crippen LogP contribution in [0.3, 0.4) is 0 Å². The second kappa shape index (κ2) is 10.7. The van der Waals surface area contributed by atoms with E-state index in [4.69, 9.17) is 32.7 Å². The second-order valence-corrected chi connectivity index (χ2v) is 8.76. The minimum Gasteiger partial charge on any atom is -0.459 e. The minimum atomic E-state index is -0.368. The smallest absolute Gasteiger partial charge is 0.310 e. The lowest BCUT2D eigenvalue weighted by atomic mass is 9.84. The Morgan fingerprint density at radius 2 is 1.71 bits per heavy atom. The van der Waals surface area contributed by atoms with Crippen LogP contribution in [0, 0.1) is 17.8 Å². The van der Waals surface area contributed by atoms with E-state index in [0.717, 1.165) is 10.8 Å². The van der Waals surface area contributed by atoms with Crippen molar-refractivity contribution in [2.24, 2.45) is 17.8 Å². The van der Waals surface area contributed by atoms with Crippen LogP contribution in [-0.2, 0) is 16.1 Å². The second-order valence-electron chi connectivity index (χ2n) is 7.75. The number of rotatable bonds is 8. The van der Waals surface area contributed by atoms with E-state index in [2.05, 4.69) is 4.98 Å². The number of para-hydroxylation sites is 1. The van der Waals surface area contributed by atoms with Gasteiger partial charge in [-0.05, 0) is 41.5 Å². The Morgan fingerprint density at radius 1 is 1.03 bits per heavy atom. The molecular formula is C25H25Cl2NO3. The number of carbonyl (C=O) groups is 1. The Morgan fingerprint density at radius 3 is 2.39 bits per heavy atom. The van der Waals surface area contributed by atoms with Crippen LogP contribution < -0.4 is 4.74 Å². The Hall–Kier alpha value is -2.56. The molecule has 2 aromatic carbocycles. The largest absolute Gasteiger partial charge is 0.459 e. The van der Waals surface area contributed by atoms with E-state index >= 15 is 0 Å². The maximum atomic E-state index is 12.8. The number of aromatic nitrogens is 1. The average molecular weight is 458 g/mol. The van der Waals surface area contributed by atoms with Gasteiger partial charge in [0.05, 0.1) is 11.6 Å². The van der Waals surface area contributed by atoms with Gasteiger partial charge in [0.1, 0.15) is 16.8 Å². The summed E-state index contributed by atoms with van der Waals surface area (Å²) in [5, 5.41) is 1.84. The number of hydrogen-bond donors (Lipinski definition) is 0. The molecule has 31 heavy (non-hydrogen) atoms. The highest BCUT2D eigenvalue weighted by molar-refractivity contribution is 6.55. The van der Waals surface area contributed by atoms with Crippen molar-refractivity contribution in [3.63, 3.8) is 0 Å². The SMILES string of the molecule is CC(C)C(C(=O)OCc1cc2ccccc2c(Oc2ccccc2)n1)C(C)C=C(Cl)Cl. The molecule has 0 amide bonds. The Labute approximate surface area is 192 Å². The van der Waals surface area contributed by atoms with Crippen molar-refractivity contribution >= 4 is 39.9 Å². The van der Waals surface area contributed by atoms with Crippen molar-refractivity contribution in [2.45, 2.75) is 27.4 Å². The van der Waals surface area contributed by atoms with E-state index < -0.39 is 0 Å². The molecule has 0 aliphatic rings. The van der Waals surface area contributed by atoms with E-state index in [1.807, 2.05) is 81.4 Å². The molecule has 2 atom stereocenters. The van der Waals surface area contributed by atoms with Gasteiger partial charge in [0.2, 0.25) is 5.88 Å². The monoisotopic (exact) mass is 457 g/mol. The maximum absolute atomic E-state index is 12.8. The molecule has 3 aromatic rings. The lowest BCUT2D eigenvalue weighted by molar-refractivity contribution is -0.153. The number of esters is 1. The summed E-state index contributed by atoms with van der Waals surface area (Å²) < 4.78 is 11.8. The first-order chi connectivity index (χ1) is 14.8. The number of allylic oxidation sites excluding steroid dienone is 1. The van der Waals surface area contributed by atoms with Gasteiger partial charge >= 0.3 is 5.97 Å². The van der Waals surface area contributed by atoms with Crippen molar-refractivity contribution < 1.29 is 14.3 Å². The van der Waals surface area contributed by atoms with Gasteiger partial charge in [-0.15, -0.1) is 0 Å². The van der Waals surface area contributed by atoms with Crippen molar-refractivity contribution in [2.75, 3.05) is 0 Å². The fourth-order valence-corrected chi connectivity index (χ4v) is 4.01. The molecule has 4 nitrogen and oxygen atoms in total. The Bertz CT molecular complexity index is 1060.